The van der Waals surface area contributed by atoms with Gasteiger partial charge in [-0.1, -0.05) is 0 Å². The third kappa shape index (κ3) is 3.25. The highest BCUT2D eigenvalue weighted by Crippen LogP contribution is 2.25. The molecule has 0 saturated heterocycles. The maximum absolute atomic E-state index is 13.6. The summed E-state index contributed by atoms with van der Waals surface area (Å²) >= 11 is 0. The van der Waals surface area contributed by atoms with Crippen molar-refractivity contribution in [3.05, 3.63) is 65.6 Å². The molecule has 1 aromatic heterocycles. The van der Waals surface area contributed by atoms with Gasteiger partial charge in [0.15, 0.2) is 0 Å². The van der Waals surface area contributed by atoms with Crippen LogP contribution in [0.1, 0.15) is 29.8 Å². The van der Waals surface area contributed by atoms with Gasteiger partial charge in [-0.2, -0.15) is 0 Å². The van der Waals surface area contributed by atoms with Crippen LogP contribution in [0.5, 0.6) is 5.75 Å². The largest absolute Gasteiger partial charge is 0.491 e. The molecule has 0 amide bonds. The van der Waals surface area contributed by atoms with E-state index < -0.39 is 5.97 Å². The fourth-order valence-corrected chi connectivity index (χ4v) is 2.70. The fourth-order valence-electron chi connectivity index (χ4n) is 2.70. The summed E-state index contributed by atoms with van der Waals surface area (Å²) in [5, 5.41) is 9.90. The minimum Gasteiger partial charge on any atom is -0.491 e. The Hall–Kier alpha value is -2.82. The first-order chi connectivity index (χ1) is 11.4. The molecule has 0 spiro atoms. The normalized spacial score (nSPS) is 11.2. The first kappa shape index (κ1) is 16.1. The number of halogens is 1. The Morgan fingerprint density at radius 2 is 2.00 bits per heavy atom. The van der Waals surface area contributed by atoms with E-state index in [9.17, 15) is 9.18 Å². The lowest BCUT2D eigenvalue weighted by molar-refractivity contribution is 0.0697. The van der Waals surface area contributed by atoms with E-state index in [1.807, 2.05) is 30.7 Å². The molecule has 0 aliphatic carbocycles. The van der Waals surface area contributed by atoms with Crippen molar-refractivity contribution in [2.45, 2.75) is 26.5 Å². The maximum Gasteiger partial charge on any atom is 0.335 e. The highest BCUT2D eigenvalue weighted by Gasteiger charge is 2.11. The molecule has 3 aromatic rings. The average Bonchev–Trinajstić information content (AvgIpc) is 2.92. The first-order valence-corrected chi connectivity index (χ1v) is 7.71. The molecule has 0 unspecified atom stereocenters. The Morgan fingerprint density at radius 1 is 1.21 bits per heavy atom. The molecular weight excluding hydrogens is 309 g/mol. The monoisotopic (exact) mass is 327 g/mol. The topological polar surface area (TPSA) is 51.5 Å². The second-order valence-corrected chi connectivity index (χ2v) is 5.94. The van der Waals surface area contributed by atoms with E-state index in [-0.39, 0.29) is 17.5 Å². The van der Waals surface area contributed by atoms with E-state index in [1.165, 1.54) is 12.1 Å². The van der Waals surface area contributed by atoms with Crippen molar-refractivity contribution in [1.29, 1.82) is 0 Å². The van der Waals surface area contributed by atoms with E-state index in [0.29, 0.717) is 12.3 Å². The summed E-state index contributed by atoms with van der Waals surface area (Å²) in [6.07, 6.45) is 1.86. The fraction of sp³-hybridized carbons (Fsp3) is 0.211. The highest BCUT2D eigenvalue weighted by molar-refractivity contribution is 5.93. The Morgan fingerprint density at radius 3 is 2.71 bits per heavy atom. The number of aromatic nitrogens is 1. The first-order valence-electron chi connectivity index (χ1n) is 7.71. The minimum atomic E-state index is -0.956. The van der Waals surface area contributed by atoms with Gasteiger partial charge in [0.1, 0.15) is 11.6 Å². The number of carboxylic acids is 1. The number of carbonyl (C=O) groups is 1. The van der Waals surface area contributed by atoms with Crippen molar-refractivity contribution < 1.29 is 19.0 Å². The Bertz CT molecular complexity index is 899. The third-order valence-electron chi connectivity index (χ3n) is 3.74. The molecule has 2 aromatic carbocycles. The van der Waals surface area contributed by atoms with Gasteiger partial charge in [-0.3, -0.25) is 0 Å². The number of fused-ring (bicyclic) bond motifs is 1. The number of nitrogens with zero attached hydrogens (tertiary/aromatic N) is 1. The molecule has 1 heterocycles. The molecule has 0 aliphatic heterocycles. The zero-order valence-corrected chi connectivity index (χ0v) is 13.5. The molecule has 0 fully saturated rings. The van der Waals surface area contributed by atoms with E-state index >= 15 is 0 Å². The molecular formula is C19H18FNO3. The number of benzene rings is 2. The summed E-state index contributed by atoms with van der Waals surface area (Å²) in [4.78, 5) is 11.1. The summed E-state index contributed by atoms with van der Waals surface area (Å²) in [6.45, 7) is 4.28. The molecule has 1 N–H and O–H groups in total. The highest BCUT2D eigenvalue weighted by atomic mass is 19.1. The molecule has 0 aliphatic rings. The smallest absolute Gasteiger partial charge is 0.335 e. The predicted octanol–water partition coefficient (Wildman–Crippen LogP) is 4.31. The zero-order chi connectivity index (χ0) is 17.3. The second kappa shape index (κ2) is 6.35. The van der Waals surface area contributed by atoms with Gasteiger partial charge in [0.2, 0.25) is 0 Å². The van der Waals surface area contributed by atoms with Crippen LogP contribution in [0.25, 0.3) is 10.9 Å². The van der Waals surface area contributed by atoms with Crippen LogP contribution in [0.15, 0.2) is 48.7 Å². The van der Waals surface area contributed by atoms with Crippen LogP contribution in [0.2, 0.25) is 0 Å². The SMILES string of the molecule is CC(C)Oc1ccc(F)cc1Cn1ccc2cc(C(=O)O)ccc21. The molecule has 4 nitrogen and oxygen atoms in total. The number of aromatic carboxylic acids is 1. The van der Waals surface area contributed by atoms with Crippen LogP contribution in [-0.4, -0.2) is 21.7 Å². The van der Waals surface area contributed by atoms with E-state index in [4.69, 9.17) is 9.84 Å². The van der Waals surface area contributed by atoms with Crippen molar-refractivity contribution >= 4 is 16.9 Å². The summed E-state index contributed by atoms with van der Waals surface area (Å²) in [7, 11) is 0. The van der Waals surface area contributed by atoms with Crippen molar-refractivity contribution in [2.24, 2.45) is 0 Å². The van der Waals surface area contributed by atoms with Crippen LogP contribution >= 0.6 is 0 Å². The summed E-state index contributed by atoms with van der Waals surface area (Å²) in [6, 6.07) is 11.3. The number of rotatable bonds is 5. The molecule has 0 bridgehead atoms. The molecule has 124 valence electrons. The van der Waals surface area contributed by atoms with E-state index in [1.54, 1.807) is 24.3 Å². The number of ether oxygens (including phenoxy) is 1. The van der Waals surface area contributed by atoms with Gasteiger partial charge in [0, 0.05) is 22.7 Å². The van der Waals surface area contributed by atoms with Gasteiger partial charge in [-0.05, 0) is 56.3 Å². The van der Waals surface area contributed by atoms with Gasteiger partial charge in [0.25, 0.3) is 0 Å². The molecule has 24 heavy (non-hydrogen) atoms. The van der Waals surface area contributed by atoms with Crippen molar-refractivity contribution in [1.82, 2.24) is 4.57 Å². The van der Waals surface area contributed by atoms with Crippen molar-refractivity contribution in [3.8, 4) is 5.75 Å². The van der Waals surface area contributed by atoms with Crippen molar-refractivity contribution in [3.63, 3.8) is 0 Å². The number of carboxylic acid groups (broad SMARTS) is 1. The van der Waals surface area contributed by atoms with Gasteiger partial charge in [-0.15, -0.1) is 0 Å². The van der Waals surface area contributed by atoms with Crippen LogP contribution in [0.3, 0.4) is 0 Å². The Kier molecular flexibility index (Phi) is 4.25. The van der Waals surface area contributed by atoms with Crippen LogP contribution in [0, 0.1) is 5.82 Å². The average molecular weight is 327 g/mol. The van der Waals surface area contributed by atoms with Crippen LogP contribution in [-0.2, 0) is 6.54 Å². The quantitative estimate of drug-likeness (QED) is 0.759. The van der Waals surface area contributed by atoms with Crippen LogP contribution < -0.4 is 4.74 Å². The molecule has 0 radical (unpaired) electrons. The molecule has 0 saturated carbocycles. The van der Waals surface area contributed by atoms with Gasteiger partial charge < -0.3 is 14.4 Å². The summed E-state index contributed by atoms with van der Waals surface area (Å²) in [5.74, 6) is -0.622. The molecule has 3 rings (SSSR count). The number of hydrogen-bond acceptors (Lipinski definition) is 2. The summed E-state index contributed by atoms with van der Waals surface area (Å²) in [5.41, 5.74) is 1.87. The third-order valence-corrected chi connectivity index (χ3v) is 3.74. The van der Waals surface area contributed by atoms with Gasteiger partial charge >= 0.3 is 5.97 Å². The second-order valence-electron chi connectivity index (χ2n) is 5.94. The van der Waals surface area contributed by atoms with E-state index in [0.717, 1.165) is 16.5 Å². The zero-order valence-electron chi connectivity index (χ0n) is 13.5. The Labute approximate surface area is 139 Å². The number of hydrogen-bond donors (Lipinski definition) is 1. The Balaban J connectivity index is 1.98. The maximum atomic E-state index is 13.6. The molecule has 0 atom stereocenters. The standard InChI is InChI=1S/C19H18FNO3/c1-12(2)24-18-6-4-16(20)10-15(18)11-21-8-7-13-9-14(19(22)23)3-5-17(13)21/h3-10,12H,11H2,1-2H3,(H,22,23). The lowest BCUT2D eigenvalue weighted by atomic mass is 10.1. The molecule has 5 heteroatoms. The summed E-state index contributed by atoms with van der Waals surface area (Å²) < 4.78 is 21.3. The van der Waals surface area contributed by atoms with Gasteiger partial charge in [0.05, 0.1) is 18.2 Å². The predicted molar refractivity (Wildman–Crippen MR) is 90.2 cm³/mol. The van der Waals surface area contributed by atoms with Gasteiger partial charge in [-0.25, -0.2) is 9.18 Å². The minimum absolute atomic E-state index is 0.00579. The lowest BCUT2D eigenvalue weighted by Crippen LogP contribution is -2.09. The van der Waals surface area contributed by atoms with E-state index in [2.05, 4.69) is 0 Å². The lowest BCUT2D eigenvalue weighted by Gasteiger charge is -2.15. The van der Waals surface area contributed by atoms with Crippen molar-refractivity contribution in [2.75, 3.05) is 0 Å². The van der Waals surface area contributed by atoms with Crippen LogP contribution in [0.4, 0.5) is 4.39 Å².